The minimum absolute atomic E-state index is 0.0222. The van der Waals surface area contributed by atoms with Crippen LogP contribution >= 0.6 is 0 Å². The van der Waals surface area contributed by atoms with E-state index in [1.54, 1.807) is 0 Å². The summed E-state index contributed by atoms with van der Waals surface area (Å²) in [6, 6.07) is 0. The first-order valence-corrected chi connectivity index (χ1v) is 5.20. The normalized spacial score (nSPS) is 28.1. The minimum atomic E-state index is 0.0222. The van der Waals surface area contributed by atoms with Crippen LogP contribution in [0.1, 0.15) is 32.6 Å². The Morgan fingerprint density at radius 1 is 1.29 bits per heavy atom. The van der Waals surface area contributed by atoms with Gasteiger partial charge in [-0.15, -0.1) is 0 Å². The molecule has 0 aromatic heterocycles. The van der Waals surface area contributed by atoms with E-state index in [-0.39, 0.29) is 5.92 Å². The Balaban J connectivity index is 2.70. The topological polar surface area (TPSA) is 17.1 Å². The molecule has 1 heteroatoms. The zero-order valence-corrected chi connectivity index (χ0v) is 8.83. The second-order valence-corrected chi connectivity index (χ2v) is 3.83. The van der Waals surface area contributed by atoms with Crippen LogP contribution in [0.25, 0.3) is 0 Å². The summed E-state index contributed by atoms with van der Waals surface area (Å²) in [7, 11) is 0. The molecular formula is C13H18O. The van der Waals surface area contributed by atoms with Gasteiger partial charge in [0.25, 0.3) is 0 Å². The third-order valence-electron chi connectivity index (χ3n) is 2.51. The largest absolute Gasteiger partial charge is 0.299 e. The Morgan fingerprint density at radius 2 is 1.93 bits per heavy atom. The van der Waals surface area contributed by atoms with Crippen LogP contribution in [0.5, 0.6) is 0 Å². The van der Waals surface area contributed by atoms with E-state index in [2.05, 4.69) is 24.8 Å². The molecule has 0 aromatic carbocycles. The first-order valence-electron chi connectivity index (χ1n) is 5.20. The third kappa shape index (κ3) is 3.33. The maximum atomic E-state index is 11.7. The molecule has 0 radical (unpaired) electrons. The average Bonchev–Trinajstić information content (AvgIpc) is 2.15. The SMILES string of the molecule is C=C(C)C1C/C=C/CC/C=C/CC1=O. The molecule has 0 heterocycles. The molecule has 0 saturated heterocycles. The zero-order valence-electron chi connectivity index (χ0n) is 8.83. The maximum absolute atomic E-state index is 11.7. The summed E-state index contributed by atoms with van der Waals surface area (Å²) >= 11 is 0. The van der Waals surface area contributed by atoms with Gasteiger partial charge in [-0.05, 0) is 26.2 Å². The van der Waals surface area contributed by atoms with E-state index in [9.17, 15) is 4.79 Å². The second kappa shape index (κ2) is 5.58. The highest BCUT2D eigenvalue weighted by molar-refractivity contribution is 5.84. The standard InChI is InChI=1S/C13H18O/c1-11(2)12-9-7-5-3-4-6-8-10-13(12)14/h5-8,12H,1,3-4,9-10H2,2H3/b7-5+,8-6+. The van der Waals surface area contributed by atoms with Gasteiger partial charge in [0.05, 0.1) is 0 Å². The Labute approximate surface area is 86.2 Å². The molecule has 0 aliphatic heterocycles. The van der Waals surface area contributed by atoms with Crippen LogP contribution in [-0.4, -0.2) is 5.78 Å². The van der Waals surface area contributed by atoms with Gasteiger partial charge in [0.15, 0.2) is 0 Å². The molecule has 0 bridgehead atoms. The van der Waals surface area contributed by atoms with E-state index in [4.69, 9.17) is 0 Å². The number of Topliss-reactive ketones (excluding diaryl/α,β-unsaturated/α-hetero) is 1. The fourth-order valence-electron chi connectivity index (χ4n) is 1.61. The summed E-state index contributed by atoms with van der Waals surface area (Å²) < 4.78 is 0. The molecule has 0 saturated carbocycles. The molecule has 0 aromatic rings. The third-order valence-corrected chi connectivity index (χ3v) is 2.51. The van der Waals surface area contributed by atoms with Crippen LogP contribution in [0.2, 0.25) is 0 Å². The molecule has 1 atom stereocenters. The Hall–Kier alpha value is -1.11. The monoisotopic (exact) mass is 190 g/mol. The molecule has 0 fully saturated rings. The number of allylic oxidation sites excluding steroid dienone is 5. The Morgan fingerprint density at radius 3 is 2.57 bits per heavy atom. The molecule has 1 aliphatic rings. The lowest BCUT2D eigenvalue weighted by Gasteiger charge is -2.13. The highest BCUT2D eigenvalue weighted by Gasteiger charge is 2.16. The van der Waals surface area contributed by atoms with Crippen molar-refractivity contribution < 1.29 is 4.79 Å². The van der Waals surface area contributed by atoms with Gasteiger partial charge >= 0.3 is 0 Å². The van der Waals surface area contributed by atoms with E-state index < -0.39 is 0 Å². The smallest absolute Gasteiger partial charge is 0.144 e. The summed E-state index contributed by atoms with van der Waals surface area (Å²) in [6.45, 7) is 5.81. The highest BCUT2D eigenvalue weighted by Crippen LogP contribution is 2.18. The molecule has 0 N–H and O–H groups in total. The summed E-state index contributed by atoms with van der Waals surface area (Å²) in [6.07, 6.45) is 11.8. The van der Waals surface area contributed by atoms with Crippen LogP contribution in [0.15, 0.2) is 36.5 Å². The van der Waals surface area contributed by atoms with E-state index in [1.165, 1.54) is 0 Å². The molecule has 1 rings (SSSR count). The van der Waals surface area contributed by atoms with E-state index in [1.807, 2.05) is 13.0 Å². The molecule has 0 spiro atoms. The first kappa shape index (κ1) is 11.0. The lowest BCUT2D eigenvalue weighted by Crippen LogP contribution is -2.14. The molecule has 1 aliphatic carbocycles. The van der Waals surface area contributed by atoms with Crippen LogP contribution in [-0.2, 0) is 4.79 Å². The van der Waals surface area contributed by atoms with Crippen molar-refractivity contribution in [2.24, 2.45) is 5.92 Å². The van der Waals surface area contributed by atoms with Crippen molar-refractivity contribution in [1.82, 2.24) is 0 Å². The summed E-state index contributed by atoms with van der Waals surface area (Å²) in [5, 5.41) is 0. The Bertz CT molecular complexity index is 271. The first-order chi connectivity index (χ1) is 6.72. The van der Waals surface area contributed by atoms with Gasteiger partial charge in [0.2, 0.25) is 0 Å². The number of rotatable bonds is 1. The number of hydrogen-bond donors (Lipinski definition) is 0. The van der Waals surface area contributed by atoms with Crippen molar-refractivity contribution >= 4 is 5.78 Å². The number of carbonyl (C=O) groups excluding carboxylic acids is 1. The van der Waals surface area contributed by atoms with Gasteiger partial charge < -0.3 is 0 Å². The van der Waals surface area contributed by atoms with Gasteiger partial charge in [0, 0.05) is 12.3 Å². The highest BCUT2D eigenvalue weighted by atomic mass is 16.1. The predicted octanol–water partition coefficient (Wildman–Crippen LogP) is 3.43. The number of carbonyl (C=O) groups is 1. The van der Waals surface area contributed by atoms with Crippen LogP contribution in [0, 0.1) is 5.92 Å². The molecule has 76 valence electrons. The summed E-state index contributed by atoms with van der Waals surface area (Å²) in [5.74, 6) is 0.314. The minimum Gasteiger partial charge on any atom is -0.299 e. The predicted molar refractivity (Wildman–Crippen MR) is 60.1 cm³/mol. The van der Waals surface area contributed by atoms with Crippen molar-refractivity contribution in [3.05, 3.63) is 36.5 Å². The number of hydrogen-bond acceptors (Lipinski definition) is 1. The van der Waals surface area contributed by atoms with E-state index >= 15 is 0 Å². The molecule has 1 unspecified atom stereocenters. The molecular weight excluding hydrogens is 172 g/mol. The van der Waals surface area contributed by atoms with Crippen molar-refractivity contribution in [2.45, 2.75) is 32.6 Å². The molecule has 0 amide bonds. The van der Waals surface area contributed by atoms with Crippen molar-refractivity contribution in [3.63, 3.8) is 0 Å². The van der Waals surface area contributed by atoms with Gasteiger partial charge in [-0.25, -0.2) is 0 Å². The van der Waals surface area contributed by atoms with E-state index in [0.29, 0.717) is 12.2 Å². The van der Waals surface area contributed by atoms with Gasteiger partial charge in [0.1, 0.15) is 5.78 Å². The van der Waals surface area contributed by atoms with E-state index in [0.717, 1.165) is 24.8 Å². The fraction of sp³-hybridized carbons (Fsp3) is 0.462. The maximum Gasteiger partial charge on any atom is 0.144 e. The average molecular weight is 190 g/mol. The zero-order chi connectivity index (χ0) is 10.4. The van der Waals surface area contributed by atoms with Crippen molar-refractivity contribution in [3.8, 4) is 0 Å². The van der Waals surface area contributed by atoms with Crippen molar-refractivity contribution in [2.75, 3.05) is 0 Å². The Kier molecular flexibility index (Phi) is 4.37. The van der Waals surface area contributed by atoms with Gasteiger partial charge in [-0.3, -0.25) is 4.79 Å². The lowest BCUT2D eigenvalue weighted by atomic mass is 9.90. The van der Waals surface area contributed by atoms with Crippen LogP contribution in [0.3, 0.4) is 0 Å². The quantitative estimate of drug-likeness (QED) is 0.579. The van der Waals surface area contributed by atoms with Gasteiger partial charge in [-0.1, -0.05) is 36.5 Å². The fourth-order valence-corrected chi connectivity index (χ4v) is 1.61. The summed E-state index contributed by atoms with van der Waals surface area (Å²) in [4.78, 5) is 11.7. The summed E-state index contributed by atoms with van der Waals surface area (Å²) in [5.41, 5.74) is 0.980. The van der Waals surface area contributed by atoms with Crippen LogP contribution < -0.4 is 0 Å². The van der Waals surface area contributed by atoms with Gasteiger partial charge in [-0.2, -0.15) is 0 Å². The lowest BCUT2D eigenvalue weighted by molar-refractivity contribution is -0.120. The number of ketones is 1. The van der Waals surface area contributed by atoms with Crippen molar-refractivity contribution in [1.29, 1.82) is 0 Å². The second-order valence-electron chi connectivity index (χ2n) is 3.83. The van der Waals surface area contributed by atoms with Crippen LogP contribution in [0.4, 0.5) is 0 Å². The molecule has 14 heavy (non-hydrogen) atoms. The molecule has 1 nitrogen and oxygen atoms in total.